The Balaban J connectivity index is 2.50. The Morgan fingerprint density at radius 2 is 1.88 bits per heavy atom. The number of nitrogens with one attached hydrogen (secondary N) is 1. The lowest BCUT2D eigenvalue weighted by molar-refractivity contribution is 0.161. The van der Waals surface area contributed by atoms with Gasteiger partial charge in [0.15, 0.2) is 0 Å². The zero-order valence-corrected chi connectivity index (χ0v) is 12.1. The molecule has 0 amide bonds. The Labute approximate surface area is 114 Å². The van der Waals surface area contributed by atoms with Crippen LogP contribution in [0.15, 0.2) is 18.2 Å². The predicted molar refractivity (Wildman–Crippen MR) is 74.8 cm³/mol. The van der Waals surface area contributed by atoms with Gasteiger partial charge in [-0.25, -0.2) is 0 Å². The standard InChI is InChI=1S/C14H19Cl2N/c1-13(2,3)14(7-4-8-17-14)10-5-6-11(15)12(16)9-10/h5-6,9,17H,4,7-8H2,1-3H3. The highest BCUT2D eigenvalue weighted by molar-refractivity contribution is 6.42. The van der Waals surface area contributed by atoms with Crippen LogP contribution in [-0.4, -0.2) is 6.54 Å². The van der Waals surface area contributed by atoms with Crippen molar-refractivity contribution in [1.29, 1.82) is 0 Å². The zero-order chi connectivity index (χ0) is 12.7. The summed E-state index contributed by atoms with van der Waals surface area (Å²) in [6.07, 6.45) is 2.35. The first-order chi connectivity index (χ1) is 7.87. The van der Waals surface area contributed by atoms with Crippen molar-refractivity contribution in [1.82, 2.24) is 5.32 Å². The minimum absolute atomic E-state index is 0.0151. The van der Waals surface area contributed by atoms with E-state index in [-0.39, 0.29) is 11.0 Å². The molecule has 1 aliphatic heterocycles. The molecular weight excluding hydrogens is 253 g/mol. The van der Waals surface area contributed by atoms with Gasteiger partial charge in [-0.3, -0.25) is 0 Å². The first kappa shape index (κ1) is 13.2. The van der Waals surface area contributed by atoms with Gasteiger partial charge in [-0.1, -0.05) is 50.0 Å². The van der Waals surface area contributed by atoms with E-state index in [2.05, 4.69) is 32.2 Å². The molecule has 0 radical (unpaired) electrons. The molecule has 0 saturated carbocycles. The summed E-state index contributed by atoms with van der Waals surface area (Å²) in [5.74, 6) is 0. The Morgan fingerprint density at radius 1 is 1.18 bits per heavy atom. The number of hydrogen-bond donors (Lipinski definition) is 1. The van der Waals surface area contributed by atoms with E-state index >= 15 is 0 Å². The lowest BCUT2D eigenvalue weighted by Crippen LogP contribution is -2.48. The van der Waals surface area contributed by atoms with Crippen LogP contribution in [0.5, 0.6) is 0 Å². The first-order valence-electron chi connectivity index (χ1n) is 6.07. The van der Waals surface area contributed by atoms with Crippen LogP contribution in [0, 0.1) is 5.41 Å². The van der Waals surface area contributed by atoms with Crippen LogP contribution < -0.4 is 5.32 Å². The predicted octanol–water partition coefficient (Wildman–Crippen LogP) is 4.62. The molecule has 0 aromatic heterocycles. The van der Waals surface area contributed by atoms with Gasteiger partial charge in [0.25, 0.3) is 0 Å². The van der Waals surface area contributed by atoms with Crippen LogP contribution in [0.25, 0.3) is 0 Å². The van der Waals surface area contributed by atoms with Gasteiger partial charge in [0.05, 0.1) is 10.0 Å². The summed E-state index contributed by atoms with van der Waals surface area (Å²) in [7, 11) is 0. The van der Waals surface area contributed by atoms with Crippen LogP contribution in [-0.2, 0) is 5.54 Å². The van der Waals surface area contributed by atoms with Gasteiger partial charge >= 0.3 is 0 Å². The Hall–Kier alpha value is -0.240. The van der Waals surface area contributed by atoms with Crippen LogP contribution >= 0.6 is 23.2 Å². The first-order valence-corrected chi connectivity index (χ1v) is 6.83. The Morgan fingerprint density at radius 3 is 2.35 bits per heavy atom. The number of halogens is 2. The molecule has 1 aromatic rings. The van der Waals surface area contributed by atoms with E-state index in [4.69, 9.17) is 23.2 Å². The molecule has 1 heterocycles. The van der Waals surface area contributed by atoms with Crippen LogP contribution in [0.4, 0.5) is 0 Å². The largest absolute Gasteiger partial charge is 0.307 e. The summed E-state index contributed by atoms with van der Waals surface area (Å²) in [5.41, 5.74) is 1.42. The maximum atomic E-state index is 6.14. The fraction of sp³-hybridized carbons (Fsp3) is 0.571. The minimum Gasteiger partial charge on any atom is -0.307 e. The van der Waals surface area contributed by atoms with Gasteiger partial charge in [-0.15, -0.1) is 0 Å². The molecule has 1 atom stereocenters. The second kappa shape index (κ2) is 4.46. The molecule has 2 rings (SSSR count). The van der Waals surface area contributed by atoms with Gasteiger partial charge in [-0.2, -0.15) is 0 Å². The van der Waals surface area contributed by atoms with E-state index in [1.165, 1.54) is 12.0 Å². The van der Waals surface area contributed by atoms with E-state index in [1.54, 1.807) is 0 Å². The summed E-state index contributed by atoms with van der Waals surface area (Å²) in [5, 5.41) is 4.93. The molecule has 1 saturated heterocycles. The van der Waals surface area contributed by atoms with Gasteiger partial charge < -0.3 is 5.32 Å². The molecule has 1 N–H and O–H groups in total. The van der Waals surface area contributed by atoms with Crippen LogP contribution in [0.2, 0.25) is 10.0 Å². The summed E-state index contributed by atoms with van der Waals surface area (Å²) in [4.78, 5) is 0. The van der Waals surface area contributed by atoms with E-state index < -0.39 is 0 Å². The van der Waals surface area contributed by atoms with Crippen molar-refractivity contribution < 1.29 is 0 Å². The van der Waals surface area contributed by atoms with E-state index in [9.17, 15) is 0 Å². The minimum atomic E-state index is 0.0151. The SMILES string of the molecule is CC(C)(C)C1(c2ccc(Cl)c(Cl)c2)CCCN1. The molecule has 0 spiro atoms. The molecule has 0 bridgehead atoms. The molecule has 94 valence electrons. The molecule has 1 nitrogen and oxygen atoms in total. The van der Waals surface area contributed by atoms with Crippen molar-refractivity contribution in [3.8, 4) is 0 Å². The van der Waals surface area contributed by atoms with Crippen molar-refractivity contribution in [3.63, 3.8) is 0 Å². The zero-order valence-electron chi connectivity index (χ0n) is 10.6. The molecule has 1 unspecified atom stereocenters. The third kappa shape index (κ3) is 2.21. The molecule has 1 aromatic carbocycles. The highest BCUT2D eigenvalue weighted by atomic mass is 35.5. The second-order valence-electron chi connectivity index (χ2n) is 5.81. The van der Waals surface area contributed by atoms with E-state index in [0.717, 1.165) is 13.0 Å². The molecule has 3 heteroatoms. The number of hydrogen-bond acceptors (Lipinski definition) is 1. The monoisotopic (exact) mass is 271 g/mol. The molecule has 1 aliphatic rings. The van der Waals surface area contributed by atoms with Crippen LogP contribution in [0.3, 0.4) is 0 Å². The fourth-order valence-electron chi connectivity index (χ4n) is 2.82. The highest BCUT2D eigenvalue weighted by Gasteiger charge is 2.45. The second-order valence-corrected chi connectivity index (χ2v) is 6.63. The molecule has 0 aliphatic carbocycles. The lowest BCUT2D eigenvalue weighted by Gasteiger charge is -2.43. The summed E-state index contributed by atoms with van der Waals surface area (Å²) < 4.78 is 0. The van der Waals surface area contributed by atoms with Crippen LogP contribution in [0.1, 0.15) is 39.2 Å². The summed E-state index contributed by atoms with van der Waals surface area (Å²) in [6, 6.07) is 6.00. The van der Waals surface area contributed by atoms with E-state index in [0.29, 0.717) is 10.0 Å². The normalized spacial score (nSPS) is 25.2. The molecule has 17 heavy (non-hydrogen) atoms. The molecule has 1 fully saturated rings. The van der Waals surface area contributed by atoms with Crippen molar-refractivity contribution in [2.45, 2.75) is 39.2 Å². The quantitative estimate of drug-likeness (QED) is 0.786. The summed E-state index contributed by atoms with van der Waals surface area (Å²) >= 11 is 12.1. The van der Waals surface area contributed by atoms with Gasteiger partial charge in [0.2, 0.25) is 0 Å². The van der Waals surface area contributed by atoms with Crippen molar-refractivity contribution in [2.24, 2.45) is 5.41 Å². The van der Waals surface area contributed by atoms with Crippen molar-refractivity contribution in [2.75, 3.05) is 6.54 Å². The third-order valence-corrected chi connectivity index (χ3v) is 4.59. The van der Waals surface area contributed by atoms with Crippen molar-refractivity contribution >= 4 is 23.2 Å². The topological polar surface area (TPSA) is 12.0 Å². The average Bonchev–Trinajstić information content (AvgIpc) is 2.71. The van der Waals surface area contributed by atoms with Crippen molar-refractivity contribution in [3.05, 3.63) is 33.8 Å². The third-order valence-electron chi connectivity index (χ3n) is 3.85. The Kier molecular flexibility index (Phi) is 3.46. The average molecular weight is 272 g/mol. The molecular formula is C14H19Cl2N. The maximum absolute atomic E-state index is 6.14. The lowest BCUT2D eigenvalue weighted by atomic mass is 9.68. The van der Waals surface area contributed by atoms with Gasteiger partial charge in [0.1, 0.15) is 0 Å². The van der Waals surface area contributed by atoms with Gasteiger partial charge in [0, 0.05) is 5.54 Å². The number of benzene rings is 1. The number of rotatable bonds is 1. The van der Waals surface area contributed by atoms with Gasteiger partial charge in [-0.05, 0) is 42.5 Å². The van der Waals surface area contributed by atoms with E-state index in [1.807, 2.05) is 12.1 Å². The summed E-state index contributed by atoms with van der Waals surface area (Å²) in [6.45, 7) is 7.88. The highest BCUT2D eigenvalue weighted by Crippen LogP contribution is 2.46. The smallest absolute Gasteiger partial charge is 0.0595 e. The Bertz CT molecular complexity index is 415. The fourth-order valence-corrected chi connectivity index (χ4v) is 3.12. The maximum Gasteiger partial charge on any atom is 0.0595 e.